The van der Waals surface area contributed by atoms with Crippen molar-refractivity contribution in [1.29, 1.82) is 0 Å². The summed E-state index contributed by atoms with van der Waals surface area (Å²) in [4.78, 5) is 16.1. The Morgan fingerprint density at radius 3 is 2.39 bits per heavy atom. The van der Waals surface area contributed by atoms with Crippen molar-refractivity contribution in [3.8, 4) is 11.6 Å². The quantitative estimate of drug-likeness (QED) is 0.760. The van der Waals surface area contributed by atoms with Gasteiger partial charge in [-0.3, -0.25) is 0 Å². The van der Waals surface area contributed by atoms with Crippen LogP contribution < -0.4 is 20.1 Å². The lowest BCUT2D eigenvalue weighted by molar-refractivity contribution is 0.262. The number of ether oxygens (including phenoxy) is 2. The molecular weight excluding hydrogens is 294 g/mol. The lowest BCUT2D eigenvalue weighted by atomic mass is 10.3. The fraction of sp³-hybridized carbons (Fsp3) is 0.294. The van der Waals surface area contributed by atoms with E-state index in [4.69, 9.17) is 9.47 Å². The molecule has 0 radical (unpaired) electrons. The van der Waals surface area contributed by atoms with Crippen LogP contribution in [0.3, 0.4) is 0 Å². The maximum atomic E-state index is 11.9. The maximum absolute atomic E-state index is 11.9. The van der Waals surface area contributed by atoms with Gasteiger partial charge in [0, 0.05) is 11.8 Å². The molecule has 0 aliphatic carbocycles. The Labute approximate surface area is 135 Å². The van der Waals surface area contributed by atoms with Crippen LogP contribution in [0.15, 0.2) is 42.6 Å². The van der Waals surface area contributed by atoms with Gasteiger partial charge in [0.05, 0.1) is 25.6 Å². The topological polar surface area (TPSA) is 72.5 Å². The normalized spacial score (nSPS) is 10.0. The van der Waals surface area contributed by atoms with Crippen LogP contribution in [0.1, 0.15) is 19.8 Å². The van der Waals surface area contributed by atoms with Gasteiger partial charge in [-0.15, -0.1) is 0 Å². The Morgan fingerprint density at radius 1 is 1.09 bits per heavy atom. The Morgan fingerprint density at radius 2 is 1.78 bits per heavy atom. The third kappa shape index (κ3) is 5.50. The first-order valence-electron chi connectivity index (χ1n) is 7.52. The largest absolute Gasteiger partial charge is 0.497 e. The van der Waals surface area contributed by atoms with Crippen LogP contribution in [-0.4, -0.2) is 24.7 Å². The van der Waals surface area contributed by atoms with Gasteiger partial charge >= 0.3 is 6.03 Å². The van der Waals surface area contributed by atoms with Crippen LogP contribution in [0.2, 0.25) is 0 Å². The van der Waals surface area contributed by atoms with Crippen LogP contribution >= 0.6 is 0 Å². The van der Waals surface area contributed by atoms with E-state index in [0.717, 1.165) is 18.6 Å². The van der Waals surface area contributed by atoms with Gasteiger partial charge in [-0.25, -0.2) is 9.78 Å². The number of nitrogens with one attached hydrogen (secondary N) is 2. The summed E-state index contributed by atoms with van der Waals surface area (Å²) in [5.41, 5.74) is 1.27. The number of urea groups is 1. The molecule has 23 heavy (non-hydrogen) atoms. The average molecular weight is 315 g/mol. The zero-order valence-corrected chi connectivity index (χ0v) is 13.3. The molecule has 0 saturated carbocycles. The fourth-order valence-electron chi connectivity index (χ4n) is 1.83. The van der Waals surface area contributed by atoms with Crippen molar-refractivity contribution in [3.63, 3.8) is 0 Å². The minimum absolute atomic E-state index is 0.336. The van der Waals surface area contributed by atoms with E-state index in [1.165, 1.54) is 0 Å². The van der Waals surface area contributed by atoms with E-state index >= 15 is 0 Å². The third-order valence-electron chi connectivity index (χ3n) is 3.09. The number of carbonyl (C=O) groups is 1. The summed E-state index contributed by atoms with van der Waals surface area (Å²) >= 11 is 0. The summed E-state index contributed by atoms with van der Waals surface area (Å²) < 4.78 is 10.5. The second-order valence-corrected chi connectivity index (χ2v) is 4.89. The SMILES string of the molecule is CCCCOc1ccc(NC(=O)Nc2ccc(OC)cc2)cn1. The first kappa shape index (κ1) is 16.6. The van der Waals surface area contributed by atoms with Gasteiger partial charge in [0.1, 0.15) is 5.75 Å². The number of anilines is 2. The highest BCUT2D eigenvalue weighted by atomic mass is 16.5. The first-order chi connectivity index (χ1) is 11.2. The summed E-state index contributed by atoms with van der Waals surface area (Å²) in [5.74, 6) is 1.29. The van der Waals surface area contributed by atoms with E-state index in [9.17, 15) is 4.79 Å². The minimum atomic E-state index is -0.336. The highest BCUT2D eigenvalue weighted by Crippen LogP contribution is 2.16. The van der Waals surface area contributed by atoms with Gasteiger partial charge in [0.15, 0.2) is 0 Å². The molecule has 2 aromatic rings. The predicted octanol–water partition coefficient (Wildman–Crippen LogP) is 3.91. The summed E-state index contributed by atoms with van der Waals surface area (Å²) in [6.07, 6.45) is 3.63. The monoisotopic (exact) mass is 315 g/mol. The molecule has 6 nitrogen and oxygen atoms in total. The Bertz CT molecular complexity index is 612. The Hall–Kier alpha value is -2.76. The number of benzene rings is 1. The lowest BCUT2D eigenvalue weighted by Crippen LogP contribution is -2.19. The van der Waals surface area contributed by atoms with E-state index in [2.05, 4.69) is 22.5 Å². The molecule has 0 unspecified atom stereocenters. The molecule has 0 bridgehead atoms. The van der Waals surface area contributed by atoms with Crippen LogP contribution in [-0.2, 0) is 0 Å². The minimum Gasteiger partial charge on any atom is -0.497 e. The standard InChI is InChI=1S/C17H21N3O3/c1-3-4-11-23-16-10-7-14(12-18-16)20-17(21)19-13-5-8-15(22-2)9-6-13/h5-10,12H,3-4,11H2,1-2H3,(H2,19,20,21). The second-order valence-electron chi connectivity index (χ2n) is 4.89. The molecule has 6 heteroatoms. The van der Waals surface area contributed by atoms with Crippen molar-refractivity contribution in [3.05, 3.63) is 42.6 Å². The second kappa shape index (κ2) is 8.63. The van der Waals surface area contributed by atoms with E-state index < -0.39 is 0 Å². The highest BCUT2D eigenvalue weighted by Gasteiger charge is 2.04. The molecule has 2 amide bonds. The molecule has 2 rings (SSSR count). The van der Waals surface area contributed by atoms with Gasteiger partial charge in [-0.1, -0.05) is 13.3 Å². The number of carbonyl (C=O) groups excluding carboxylic acids is 1. The zero-order chi connectivity index (χ0) is 16.5. The van der Waals surface area contributed by atoms with Crippen LogP contribution in [0.25, 0.3) is 0 Å². The zero-order valence-electron chi connectivity index (χ0n) is 13.3. The number of amides is 2. The average Bonchev–Trinajstić information content (AvgIpc) is 2.57. The molecule has 1 aromatic carbocycles. The van der Waals surface area contributed by atoms with Gasteiger partial charge in [0.2, 0.25) is 5.88 Å². The molecule has 122 valence electrons. The molecule has 0 atom stereocenters. The lowest BCUT2D eigenvalue weighted by Gasteiger charge is -2.09. The molecule has 0 saturated heterocycles. The summed E-state index contributed by atoms with van der Waals surface area (Å²) in [6.45, 7) is 2.75. The smallest absolute Gasteiger partial charge is 0.323 e. The molecular formula is C17H21N3O3. The van der Waals surface area contributed by atoms with Crippen molar-refractivity contribution in [1.82, 2.24) is 4.98 Å². The molecule has 0 spiro atoms. The van der Waals surface area contributed by atoms with Crippen molar-refractivity contribution in [2.24, 2.45) is 0 Å². The van der Waals surface area contributed by atoms with Gasteiger partial charge < -0.3 is 20.1 Å². The number of hydrogen-bond acceptors (Lipinski definition) is 4. The van der Waals surface area contributed by atoms with Crippen LogP contribution in [0.5, 0.6) is 11.6 Å². The number of rotatable bonds is 7. The molecule has 2 N–H and O–H groups in total. The maximum Gasteiger partial charge on any atom is 0.323 e. The van der Waals surface area contributed by atoms with E-state index in [1.54, 1.807) is 49.7 Å². The Kier molecular flexibility index (Phi) is 6.23. The number of hydrogen-bond donors (Lipinski definition) is 2. The van der Waals surface area contributed by atoms with Gasteiger partial charge in [-0.2, -0.15) is 0 Å². The van der Waals surface area contributed by atoms with Gasteiger partial charge in [-0.05, 0) is 36.8 Å². The van der Waals surface area contributed by atoms with Crippen molar-refractivity contribution >= 4 is 17.4 Å². The molecule has 0 aliphatic rings. The number of unbranched alkanes of at least 4 members (excludes halogenated alkanes) is 1. The number of pyridine rings is 1. The summed E-state index contributed by atoms with van der Waals surface area (Å²) in [6, 6.07) is 10.2. The van der Waals surface area contributed by atoms with E-state index in [1.807, 2.05) is 0 Å². The fourth-order valence-corrected chi connectivity index (χ4v) is 1.83. The van der Waals surface area contributed by atoms with Crippen molar-refractivity contribution in [2.45, 2.75) is 19.8 Å². The first-order valence-corrected chi connectivity index (χ1v) is 7.52. The van der Waals surface area contributed by atoms with Crippen molar-refractivity contribution < 1.29 is 14.3 Å². The summed E-state index contributed by atoms with van der Waals surface area (Å²) in [7, 11) is 1.60. The van der Waals surface area contributed by atoms with Crippen molar-refractivity contribution in [2.75, 3.05) is 24.4 Å². The Balaban J connectivity index is 1.84. The van der Waals surface area contributed by atoms with Crippen LogP contribution in [0.4, 0.5) is 16.2 Å². The molecule has 1 heterocycles. The molecule has 0 aliphatic heterocycles. The van der Waals surface area contributed by atoms with E-state index in [0.29, 0.717) is 23.9 Å². The summed E-state index contributed by atoms with van der Waals surface area (Å²) in [5, 5.41) is 5.45. The molecule has 0 fully saturated rings. The number of methoxy groups -OCH3 is 1. The third-order valence-corrected chi connectivity index (χ3v) is 3.09. The number of aromatic nitrogens is 1. The highest BCUT2D eigenvalue weighted by molar-refractivity contribution is 5.99. The predicted molar refractivity (Wildman–Crippen MR) is 90.3 cm³/mol. The van der Waals surface area contributed by atoms with Gasteiger partial charge in [0.25, 0.3) is 0 Å². The van der Waals surface area contributed by atoms with E-state index in [-0.39, 0.29) is 6.03 Å². The van der Waals surface area contributed by atoms with Crippen LogP contribution in [0, 0.1) is 0 Å². The molecule has 1 aromatic heterocycles. The number of nitrogens with zero attached hydrogens (tertiary/aromatic N) is 1.